The number of carbonyl (C=O) groups excluding carboxylic acids is 1. The van der Waals surface area contributed by atoms with Crippen LogP contribution in [-0.4, -0.2) is 28.0 Å². The molecular weight excluding hydrogens is 312 g/mol. The van der Waals surface area contributed by atoms with Gasteiger partial charge in [-0.3, -0.25) is 9.78 Å². The van der Waals surface area contributed by atoms with E-state index in [0.29, 0.717) is 19.0 Å². The molecule has 1 aliphatic rings. The van der Waals surface area contributed by atoms with Gasteiger partial charge in [0, 0.05) is 23.6 Å². The number of nitrogens with two attached hydrogens (primary N) is 1. The Morgan fingerprint density at radius 1 is 1.32 bits per heavy atom. The highest BCUT2D eigenvalue weighted by atomic mass is 16.1. The summed E-state index contributed by atoms with van der Waals surface area (Å²) in [5.74, 6) is 0.417. The Labute approximate surface area is 149 Å². The first-order valence-electron chi connectivity index (χ1n) is 9.17. The highest BCUT2D eigenvalue weighted by Gasteiger charge is 2.27. The van der Waals surface area contributed by atoms with Gasteiger partial charge in [0.25, 0.3) is 5.91 Å². The van der Waals surface area contributed by atoms with Crippen LogP contribution in [0.25, 0.3) is 0 Å². The van der Waals surface area contributed by atoms with Gasteiger partial charge in [0.2, 0.25) is 0 Å². The Kier molecular flexibility index (Phi) is 5.53. The van der Waals surface area contributed by atoms with Crippen LogP contribution in [0.15, 0.2) is 30.5 Å². The number of aryl methyl sites for hydroxylation is 1. The molecule has 3 rings (SSSR count). The SMILES string of the molecule is Cc1cc(C(=O)NC2CCCCC2CN)c(C)n1Cc1ccccn1. The average molecular weight is 340 g/mol. The predicted octanol–water partition coefficient (Wildman–Crippen LogP) is 2.80. The maximum atomic E-state index is 12.8. The van der Waals surface area contributed by atoms with Crippen LogP contribution in [0.2, 0.25) is 0 Å². The first-order chi connectivity index (χ1) is 12.1. The summed E-state index contributed by atoms with van der Waals surface area (Å²) in [4.78, 5) is 17.2. The Morgan fingerprint density at radius 2 is 2.12 bits per heavy atom. The third-order valence-corrected chi connectivity index (χ3v) is 5.39. The summed E-state index contributed by atoms with van der Waals surface area (Å²) in [7, 11) is 0. The fraction of sp³-hybridized carbons (Fsp3) is 0.500. The van der Waals surface area contributed by atoms with Crippen LogP contribution >= 0.6 is 0 Å². The van der Waals surface area contributed by atoms with E-state index in [1.807, 2.05) is 38.1 Å². The number of hydrogen-bond acceptors (Lipinski definition) is 3. The molecule has 0 radical (unpaired) electrons. The van der Waals surface area contributed by atoms with Crippen molar-refractivity contribution in [1.29, 1.82) is 0 Å². The maximum Gasteiger partial charge on any atom is 0.253 e. The molecule has 1 fully saturated rings. The Bertz CT molecular complexity index is 723. The molecule has 0 saturated heterocycles. The lowest BCUT2D eigenvalue weighted by Gasteiger charge is -2.31. The van der Waals surface area contributed by atoms with E-state index >= 15 is 0 Å². The zero-order valence-electron chi connectivity index (χ0n) is 15.2. The molecule has 2 aromatic heterocycles. The topological polar surface area (TPSA) is 72.9 Å². The van der Waals surface area contributed by atoms with Crippen LogP contribution in [0.1, 0.15) is 53.1 Å². The normalized spacial score (nSPS) is 20.4. The van der Waals surface area contributed by atoms with Gasteiger partial charge in [0.05, 0.1) is 17.8 Å². The lowest BCUT2D eigenvalue weighted by atomic mass is 9.84. The molecule has 1 saturated carbocycles. The molecule has 0 aliphatic heterocycles. The lowest BCUT2D eigenvalue weighted by molar-refractivity contribution is 0.0907. The molecule has 0 aromatic carbocycles. The number of nitrogens with one attached hydrogen (secondary N) is 1. The van der Waals surface area contributed by atoms with Gasteiger partial charge in [-0.05, 0) is 57.4 Å². The molecule has 2 heterocycles. The van der Waals surface area contributed by atoms with Crippen LogP contribution in [0.5, 0.6) is 0 Å². The molecule has 25 heavy (non-hydrogen) atoms. The molecule has 0 bridgehead atoms. The number of nitrogens with zero attached hydrogens (tertiary/aromatic N) is 2. The van der Waals surface area contributed by atoms with E-state index in [0.717, 1.165) is 35.5 Å². The summed E-state index contributed by atoms with van der Waals surface area (Å²) in [5.41, 5.74) is 9.70. The first-order valence-corrected chi connectivity index (χ1v) is 9.17. The van der Waals surface area contributed by atoms with Gasteiger partial charge >= 0.3 is 0 Å². The van der Waals surface area contributed by atoms with Gasteiger partial charge in [0.1, 0.15) is 0 Å². The van der Waals surface area contributed by atoms with E-state index in [4.69, 9.17) is 5.73 Å². The summed E-state index contributed by atoms with van der Waals surface area (Å²) in [6.07, 6.45) is 6.32. The van der Waals surface area contributed by atoms with E-state index in [-0.39, 0.29) is 11.9 Å². The van der Waals surface area contributed by atoms with Crippen LogP contribution in [-0.2, 0) is 6.54 Å². The maximum absolute atomic E-state index is 12.8. The van der Waals surface area contributed by atoms with E-state index in [1.54, 1.807) is 6.20 Å². The van der Waals surface area contributed by atoms with Gasteiger partial charge in [-0.2, -0.15) is 0 Å². The second kappa shape index (κ2) is 7.83. The molecule has 2 aromatic rings. The van der Waals surface area contributed by atoms with Crippen molar-refractivity contribution < 1.29 is 4.79 Å². The zero-order chi connectivity index (χ0) is 17.8. The first kappa shape index (κ1) is 17.7. The molecule has 1 aliphatic carbocycles. The van der Waals surface area contributed by atoms with E-state index in [1.165, 1.54) is 12.8 Å². The van der Waals surface area contributed by atoms with Crippen molar-refractivity contribution in [3.8, 4) is 0 Å². The number of carbonyl (C=O) groups is 1. The van der Waals surface area contributed by atoms with E-state index in [9.17, 15) is 4.79 Å². The van der Waals surface area contributed by atoms with Crippen molar-refractivity contribution in [3.63, 3.8) is 0 Å². The van der Waals surface area contributed by atoms with Gasteiger partial charge in [-0.25, -0.2) is 0 Å². The van der Waals surface area contributed by atoms with Crippen molar-refractivity contribution in [3.05, 3.63) is 53.1 Å². The lowest BCUT2D eigenvalue weighted by Crippen LogP contribution is -2.44. The predicted molar refractivity (Wildman–Crippen MR) is 99.5 cm³/mol. The Hall–Kier alpha value is -2.14. The van der Waals surface area contributed by atoms with Gasteiger partial charge in [0.15, 0.2) is 0 Å². The largest absolute Gasteiger partial charge is 0.349 e. The standard InChI is InChI=1S/C20H28N4O/c1-14-11-18(15(2)24(14)13-17-8-5-6-10-22-17)20(25)23-19-9-4-3-7-16(19)12-21/h5-6,8,10-11,16,19H,3-4,7,9,12-13,21H2,1-2H3,(H,23,25). The smallest absolute Gasteiger partial charge is 0.253 e. The number of amides is 1. The number of aromatic nitrogens is 2. The molecule has 3 N–H and O–H groups in total. The fourth-order valence-electron chi connectivity index (χ4n) is 3.85. The Morgan fingerprint density at radius 3 is 2.84 bits per heavy atom. The third-order valence-electron chi connectivity index (χ3n) is 5.39. The Balaban J connectivity index is 1.76. The summed E-state index contributed by atoms with van der Waals surface area (Å²) in [5, 5.41) is 3.23. The zero-order valence-corrected chi connectivity index (χ0v) is 15.2. The minimum absolute atomic E-state index is 0.0192. The van der Waals surface area contributed by atoms with Crippen LogP contribution < -0.4 is 11.1 Å². The van der Waals surface area contributed by atoms with Crippen molar-refractivity contribution in [1.82, 2.24) is 14.9 Å². The number of rotatable bonds is 5. The fourth-order valence-corrected chi connectivity index (χ4v) is 3.85. The highest BCUT2D eigenvalue weighted by Crippen LogP contribution is 2.24. The second-order valence-electron chi connectivity index (χ2n) is 7.05. The summed E-state index contributed by atoms with van der Waals surface area (Å²) in [6, 6.07) is 8.08. The highest BCUT2D eigenvalue weighted by molar-refractivity contribution is 5.96. The molecule has 1 amide bonds. The summed E-state index contributed by atoms with van der Waals surface area (Å²) in [6.45, 7) is 5.37. The number of pyridine rings is 1. The van der Waals surface area contributed by atoms with Crippen molar-refractivity contribution >= 4 is 5.91 Å². The molecular formula is C20H28N4O. The van der Waals surface area contributed by atoms with Crippen molar-refractivity contribution in [2.45, 2.75) is 52.1 Å². The van der Waals surface area contributed by atoms with Gasteiger partial charge < -0.3 is 15.6 Å². The minimum Gasteiger partial charge on any atom is -0.349 e. The molecule has 2 unspecified atom stereocenters. The summed E-state index contributed by atoms with van der Waals surface area (Å²) < 4.78 is 2.15. The average Bonchev–Trinajstić information content (AvgIpc) is 2.91. The van der Waals surface area contributed by atoms with Crippen molar-refractivity contribution in [2.24, 2.45) is 11.7 Å². The molecule has 0 spiro atoms. The van der Waals surface area contributed by atoms with E-state index in [2.05, 4.69) is 14.9 Å². The van der Waals surface area contributed by atoms with Crippen LogP contribution in [0, 0.1) is 19.8 Å². The van der Waals surface area contributed by atoms with E-state index < -0.39 is 0 Å². The monoisotopic (exact) mass is 340 g/mol. The van der Waals surface area contributed by atoms with Crippen molar-refractivity contribution in [2.75, 3.05) is 6.54 Å². The molecule has 5 nitrogen and oxygen atoms in total. The van der Waals surface area contributed by atoms with Crippen LogP contribution in [0.4, 0.5) is 0 Å². The van der Waals surface area contributed by atoms with Crippen LogP contribution in [0.3, 0.4) is 0 Å². The quantitative estimate of drug-likeness (QED) is 0.879. The third kappa shape index (κ3) is 3.93. The molecule has 134 valence electrons. The summed E-state index contributed by atoms with van der Waals surface area (Å²) >= 11 is 0. The minimum atomic E-state index is 0.0192. The van der Waals surface area contributed by atoms with Gasteiger partial charge in [-0.1, -0.05) is 18.9 Å². The number of hydrogen-bond donors (Lipinski definition) is 2. The molecule has 5 heteroatoms. The second-order valence-corrected chi connectivity index (χ2v) is 7.05. The molecule has 2 atom stereocenters. The van der Waals surface area contributed by atoms with Gasteiger partial charge in [-0.15, -0.1) is 0 Å².